The minimum atomic E-state index is 0. The number of rotatable bonds is 1. The number of aliphatic hydroxyl groups excluding tert-OH is 1. The summed E-state index contributed by atoms with van der Waals surface area (Å²) in [5, 5.41) is 8.46. The van der Waals surface area contributed by atoms with Gasteiger partial charge in [-0.05, 0) is 12.0 Å². The molecule has 1 N–H and O–H groups in total. The molecule has 0 radical (unpaired) electrons. The Kier molecular flexibility index (Phi) is 66.4. The van der Waals surface area contributed by atoms with Crippen molar-refractivity contribution < 1.29 is 26.8 Å². The molecule has 0 aromatic rings. The van der Waals surface area contributed by atoms with E-state index in [1.165, 1.54) is 0 Å². The summed E-state index contributed by atoms with van der Waals surface area (Å²) < 4.78 is 0. The molecule has 0 aliphatic heterocycles. The molecule has 1 rings (SSSR count). The van der Waals surface area contributed by atoms with Crippen LogP contribution in [0, 0.1) is 37.1 Å². The van der Waals surface area contributed by atoms with E-state index >= 15 is 0 Å². The second-order valence-corrected chi connectivity index (χ2v) is 1.62. The van der Waals surface area contributed by atoms with E-state index in [2.05, 4.69) is 0 Å². The fourth-order valence-electron chi connectivity index (χ4n) is 0.609. The first kappa shape index (κ1) is 38.0. The van der Waals surface area contributed by atoms with Crippen molar-refractivity contribution in [1.82, 2.24) is 0 Å². The van der Waals surface area contributed by atoms with Crippen molar-refractivity contribution in [3.05, 3.63) is 60.9 Å². The molecule has 0 bridgehead atoms. The molecule has 0 aromatic carbocycles. The SMILES string of the molecule is OCC1=CC=CC1.[CH3-].[CH3-].[CH3-].[CH3-].[CH3-].[Ti]. The van der Waals surface area contributed by atoms with Crippen LogP contribution in [-0.2, 0) is 21.7 Å². The predicted molar refractivity (Wildman–Crippen MR) is 61.0 cm³/mol. The maximum Gasteiger partial charge on any atom is 0.0647 e. The molecule has 0 atom stereocenters. The zero-order chi connectivity index (χ0) is 5.11. The Hall–Kier alpha value is 0.154. The molecule has 0 heterocycles. The molecule has 1 aliphatic rings. The zero-order valence-corrected chi connectivity index (χ0v) is 11.2. The van der Waals surface area contributed by atoms with Gasteiger partial charge in [-0.25, -0.2) is 0 Å². The first-order chi connectivity index (χ1) is 3.43. The molecule has 0 amide bonds. The minimum absolute atomic E-state index is 0. The summed E-state index contributed by atoms with van der Waals surface area (Å²) >= 11 is 0. The fourth-order valence-corrected chi connectivity index (χ4v) is 0.609. The van der Waals surface area contributed by atoms with Gasteiger partial charge < -0.3 is 42.2 Å². The normalized spacial score (nSPS) is 9.46. The van der Waals surface area contributed by atoms with Gasteiger partial charge in [-0.2, -0.15) is 0 Å². The van der Waals surface area contributed by atoms with Gasteiger partial charge in [0.2, 0.25) is 0 Å². The summed E-state index contributed by atoms with van der Waals surface area (Å²) in [7, 11) is 0. The van der Waals surface area contributed by atoms with Gasteiger partial charge >= 0.3 is 0 Å². The van der Waals surface area contributed by atoms with Crippen molar-refractivity contribution in [3.63, 3.8) is 0 Å². The molecule has 0 saturated heterocycles. The maximum atomic E-state index is 8.46. The summed E-state index contributed by atoms with van der Waals surface area (Å²) in [6, 6.07) is 0. The van der Waals surface area contributed by atoms with Crippen molar-refractivity contribution in [2.45, 2.75) is 6.42 Å². The molecule has 1 nitrogen and oxygen atoms in total. The molecule has 0 fully saturated rings. The summed E-state index contributed by atoms with van der Waals surface area (Å²) in [6.07, 6.45) is 6.88. The van der Waals surface area contributed by atoms with Gasteiger partial charge in [0.25, 0.3) is 0 Å². The van der Waals surface area contributed by atoms with Gasteiger partial charge in [-0.15, -0.1) is 0 Å². The summed E-state index contributed by atoms with van der Waals surface area (Å²) in [6.45, 7) is 0.215. The molecule has 0 aromatic heterocycles. The Morgan fingerprint density at radius 3 is 1.69 bits per heavy atom. The van der Waals surface area contributed by atoms with Crippen LogP contribution in [0.3, 0.4) is 0 Å². The smallest absolute Gasteiger partial charge is 0.0647 e. The average Bonchev–Trinajstić information content (AvgIpc) is 2.14. The Bertz CT molecular complexity index is 117. The van der Waals surface area contributed by atoms with Gasteiger partial charge in [0.1, 0.15) is 0 Å². The van der Waals surface area contributed by atoms with Crippen molar-refractivity contribution in [2.75, 3.05) is 6.61 Å². The summed E-state index contributed by atoms with van der Waals surface area (Å²) in [5.74, 6) is 0. The van der Waals surface area contributed by atoms with E-state index in [-0.39, 0.29) is 65.5 Å². The average molecular weight is 219 g/mol. The van der Waals surface area contributed by atoms with E-state index in [4.69, 9.17) is 5.11 Å². The van der Waals surface area contributed by atoms with Crippen molar-refractivity contribution >= 4 is 0 Å². The second kappa shape index (κ2) is 22.7. The summed E-state index contributed by atoms with van der Waals surface area (Å²) in [4.78, 5) is 0. The second-order valence-electron chi connectivity index (χ2n) is 1.62. The van der Waals surface area contributed by atoms with Gasteiger partial charge in [-0.1, -0.05) is 18.2 Å². The predicted octanol–water partition coefficient (Wildman–Crippen LogP) is 3.11. The van der Waals surface area contributed by atoms with Crippen LogP contribution in [0.15, 0.2) is 23.8 Å². The first-order valence-corrected chi connectivity index (χ1v) is 2.39. The van der Waals surface area contributed by atoms with Crippen molar-refractivity contribution in [2.24, 2.45) is 0 Å². The van der Waals surface area contributed by atoms with E-state index in [0.29, 0.717) is 0 Å². The van der Waals surface area contributed by atoms with Crippen LogP contribution in [0.5, 0.6) is 0 Å². The van der Waals surface area contributed by atoms with E-state index in [1.54, 1.807) is 0 Å². The first-order valence-electron chi connectivity index (χ1n) is 2.39. The van der Waals surface area contributed by atoms with Gasteiger partial charge in [-0.3, -0.25) is 0 Å². The Balaban J connectivity index is -0.0000000204. The van der Waals surface area contributed by atoms with Crippen LogP contribution in [-0.4, -0.2) is 11.7 Å². The van der Waals surface area contributed by atoms with Crippen LogP contribution in [0.25, 0.3) is 0 Å². The number of hydrogen-bond acceptors (Lipinski definition) is 1. The van der Waals surface area contributed by atoms with Crippen LogP contribution in [0.2, 0.25) is 0 Å². The number of hydrogen-bond donors (Lipinski definition) is 1. The van der Waals surface area contributed by atoms with E-state index < -0.39 is 0 Å². The topological polar surface area (TPSA) is 20.2 Å². The number of allylic oxidation sites excluding steroid dienone is 3. The third-order valence-corrected chi connectivity index (χ3v) is 1.05. The Morgan fingerprint density at radius 2 is 1.54 bits per heavy atom. The molecule has 0 unspecified atom stereocenters. The van der Waals surface area contributed by atoms with Gasteiger partial charge in [0.05, 0.1) is 6.61 Å². The van der Waals surface area contributed by atoms with Crippen molar-refractivity contribution in [3.8, 4) is 0 Å². The molecule has 13 heavy (non-hydrogen) atoms. The molecule has 1 aliphatic carbocycles. The van der Waals surface area contributed by atoms with Crippen LogP contribution < -0.4 is 0 Å². The maximum absolute atomic E-state index is 8.46. The molecular weight excluding hydrogens is 196 g/mol. The standard InChI is InChI=1S/C6H8O.5CH3.Ti/c7-5-6-3-1-2-4-6;;;;;;/h1-3,7H,4-5H2;5*1H3;/q;5*-1;. The fraction of sp³-hybridized carbons (Fsp3) is 0.182. The number of aliphatic hydroxyl groups is 1. The third kappa shape index (κ3) is 15.0. The van der Waals surface area contributed by atoms with Crippen molar-refractivity contribution in [1.29, 1.82) is 0 Å². The van der Waals surface area contributed by atoms with Crippen LogP contribution in [0.1, 0.15) is 6.42 Å². The minimum Gasteiger partial charge on any atom is -0.392 e. The molecule has 0 spiro atoms. The van der Waals surface area contributed by atoms with Crippen LogP contribution >= 0.6 is 0 Å². The molecular formula is C11H23OTi-5. The Labute approximate surface area is 101 Å². The van der Waals surface area contributed by atoms with Crippen LogP contribution in [0.4, 0.5) is 0 Å². The van der Waals surface area contributed by atoms with Gasteiger partial charge in [0, 0.05) is 21.7 Å². The molecule has 2 heteroatoms. The monoisotopic (exact) mass is 219 g/mol. The summed E-state index contributed by atoms with van der Waals surface area (Å²) in [5.41, 5.74) is 1.11. The van der Waals surface area contributed by atoms with E-state index in [1.807, 2.05) is 18.2 Å². The molecule has 82 valence electrons. The van der Waals surface area contributed by atoms with E-state index in [9.17, 15) is 0 Å². The zero-order valence-electron chi connectivity index (χ0n) is 9.59. The quantitative estimate of drug-likeness (QED) is 0.530. The van der Waals surface area contributed by atoms with Gasteiger partial charge in [0.15, 0.2) is 0 Å². The Morgan fingerprint density at radius 1 is 1.08 bits per heavy atom. The third-order valence-electron chi connectivity index (χ3n) is 1.05. The largest absolute Gasteiger partial charge is 0.392 e. The van der Waals surface area contributed by atoms with E-state index in [0.717, 1.165) is 12.0 Å². The molecule has 0 saturated carbocycles.